The van der Waals surface area contributed by atoms with Crippen LogP contribution in [0.4, 0.5) is 4.79 Å². The smallest absolute Gasteiger partial charge is 0.407 e. The van der Waals surface area contributed by atoms with Crippen molar-refractivity contribution in [3.63, 3.8) is 0 Å². The number of ether oxygens (including phenoxy) is 2. The third kappa shape index (κ3) is 6.51. The number of fused-ring (bicyclic) bond motifs is 1. The molecule has 0 spiro atoms. The van der Waals surface area contributed by atoms with Crippen LogP contribution in [0.25, 0.3) is 33.2 Å². The quantitative estimate of drug-likeness (QED) is 0.276. The Bertz CT molecular complexity index is 1580. The van der Waals surface area contributed by atoms with Crippen LogP contribution >= 0.6 is 0 Å². The van der Waals surface area contributed by atoms with Gasteiger partial charge in [-0.25, -0.2) is 4.79 Å². The number of hydrogen-bond acceptors (Lipinski definition) is 5. The molecular formula is C32H35N3O5. The number of alkyl carbamates (subject to hydrolysis) is 1. The summed E-state index contributed by atoms with van der Waals surface area (Å²) in [6.07, 6.45) is 1.64. The highest BCUT2D eigenvalue weighted by molar-refractivity contribution is 6.10. The fraction of sp³-hybridized carbons (Fsp3) is 0.281. The fourth-order valence-corrected chi connectivity index (χ4v) is 4.73. The lowest BCUT2D eigenvalue weighted by Crippen LogP contribution is -2.32. The summed E-state index contributed by atoms with van der Waals surface area (Å²) in [6, 6.07) is 19.1. The van der Waals surface area contributed by atoms with Crippen molar-refractivity contribution >= 4 is 28.9 Å². The molecule has 2 amide bonds. The van der Waals surface area contributed by atoms with E-state index < -0.39 is 17.6 Å². The molecule has 3 N–H and O–H groups in total. The lowest BCUT2D eigenvalue weighted by atomic mass is 9.91. The largest absolute Gasteiger partial charge is 0.466 e. The second-order valence-corrected chi connectivity index (χ2v) is 10.6. The van der Waals surface area contributed by atoms with Gasteiger partial charge in [-0.3, -0.25) is 9.59 Å². The van der Waals surface area contributed by atoms with Crippen molar-refractivity contribution in [1.29, 1.82) is 0 Å². The van der Waals surface area contributed by atoms with E-state index in [9.17, 15) is 14.4 Å². The van der Waals surface area contributed by atoms with Crippen LogP contribution in [0.15, 0.2) is 66.9 Å². The van der Waals surface area contributed by atoms with E-state index in [4.69, 9.17) is 15.2 Å². The van der Waals surface area contributed by atoms with E-state index in [2.05, 4.69) is 5.32 Å². The standard InChI is InChI=1S/C32H35N3O5/c1-6-39-28(36)17-22-11-7-8-13-24(22)26-19-35(5)27-16-23(30(33)37)15-25(29(26)27)21-12-9-10-20(14-21)18-34-31(38)40-32(2,3)4/h7-16,19H,6,17-18H2,1-5H3,(H2,33,37)(H,34,38). The third-order valence-corrected chi connectivity index (χ3v) is 6.40. The molecule has 0 radical (unpaired) electrons. The number of carbonyl (C=O) groups excluding carboxylic acids is 3. The number of aryl methyl sites for hydroxylation is 1. The molecule has 1 heterocycles. The minimum atomic E-state index is -0.597. The van der Waals surface area contributed by atoms with Gasteiger partial charge in [-0.2, -0.15) is 0 Å². The summed E-state index contributed by atoms with van der Waals surface area (Å²) in [6.45, 7) is 7.81. The van der Waals surface area contributed by atoms with Crippen molar-refractivity contribution in [3.05, 3.63) is 83.6 Å². The van der Waals surface area contributed by atoms with Crippen LogP contribution in [0.3, 0.4) is 0 Å². The first-order chi connectivity index (χ1) is 19.0. The molecule has 0 saturated carbocycles. The van der Waals surface area contributed by atoms with Crippen molar-refractivity contribution in [2.75, 3.05) is 6.61 Å². The number of amides is 2. The minimum Gasteiger partial charge on any atom is -0.466 e. The van der Waals surface area contributed by atoms with Crippen LogP contribution in [-0.2, 0) is 34.3 Å². The van der Waals surface area contributed by atoms with Gasteiger partial charge >= 0.3 is 12.1 Å². The number of nitrogens with one attached hydrogen (secondary N) is 1. The van der Waals surface area contributed by atoms with E-state index in [0.717, 1.165) is 44.3 Å². The average Bonchev–Trinajstić information content (AvgIpc) is 3.22. The highest BCUT2D eigenvalue weighted by atomic mass is 16.6. The lowest BCUT2D eigenvalue weighted by molar-refractivity contribution is -0.142. The topological polar surface area (TPSA) is 113 Å². The Morgan fingerprint density at radius 2 is 1.70 bits per heavy atom. The van der Waals surface area contributed by atoms with Gasteiger partial charge in [0.15, 0.2) is 0 Å². The number of aromatic nitrogens is 1. The van der Waals surface area contributed by atoms with Crippen molar-refractivity contribution in [2.45, 2.75) is 46.3 Å². The predicted octanol–water partition coefficient (Wildman–Crippen LogP) is 5.74. The van der Waals surface area contributed by atoms with E-state index in [1.54, 1.807) is 19.1 Å². The molecule has 0 unspecified atom stereocenters. The van der Waals surface area contributed by atoms with Gasteiger partial charge in [-0.15, -0.1) is 0 Å². The van der Waals surface area contributed by atoms with Crippen LogP contribution in [0.1, 0.15) is 49.2 Å². The molecule has 1 aromatic heterocycles. The molecule has 0 fully saturated rings. The highest BCUT2D eigenvalue weighted by Gasteiger charge is 2.20. The van der Waals surface area contributed by atoms with E-state index in [1.807, 2.05) is 87.1 Å². The van der Waals surface area contributed by atoms with Crippen molar-refractivity contribution in [3.8, 4) is 22.3 Å². The van der Waals surface area contributed by atoms with Crippen LogP contribution in [-0.4, -0.2) is 34.7 Å². The van der Waals surface area contributed by atoms with Gasteiger partial charge in [0.05, 0.1) is 13.0 Å². The lowest BCUT2D eigenvalue weighted by Gasteiger charge is -2.19. The summed E-state index contributed by atoms with van der Waals surface area (Å²) in [5.74, 6) is -0.826. The van der Waals surface area contributed by atoms with Gasteiger partial charge in [0.2, 0.25) is 5.91 Å². The molecule has 3 aromatic carbocycles. The van der Waals surface area contributed by atoms with Gasteiger partial charge in [0.25, 0.3) is 0 Å². The summed E-state index contributed by atoms with van der Waals surface area (Å²) in [4.78, 5) is 36.9. The Morgan fingerprint density at radius 3 is 2.40 bits per heavy atom. The Labute approximate surface area is 234 Å². The maximum Gasteiger partial charge on any atom is 0.407 e. The SMILES string of the molecule is CCOC(=O)Cc1ccccc1-c1cn(C)c2cc(C(N)=O)cc(-c3cccc(CNC(=O)OC(C)(C)C)c3)c12. The molecule has 0 saturated heterocycles. The van der Waals surface area contributed by atoms with Crippen LogP contribution in [0.5, 0.6) is 0 Å². The summed E-state index contributed by atoms with van der Waals surface area (Å²) < 4.78 is 12.5. The van der Waals surface area contributed by atoms with E-state index in [0.29, 0.717) is 12.2 Å². The zero-order chi connectivity index (χ0) is 29.0. The van der Waals surface area contributed by atoms with Crippen molar-refractivity contribution in [1.82, 2.24) is 9.88 Å². The van der Waals surface area contributed by atoms with Crippen LogP contribution < -0.4 is 11.1 Å². The van der Waals surface area contributed by atoms with Gasteiger partial charge in [-0.1, -0.05) is 42.5 Å². The zero-order valence-electron chi connectivity index (χ0n) is 23.5. The maximum atomic E-state index is 12.4. The molecule has 4 aromatic rings. The van der Waals surface area contributed by atoms with E-state index in [1.165, 1.54) is 0 Å². The molecule has 4 rings (SSSR count). The number of nitrogens with zero attached hydrogens (tertiary/aromatic N) is 1. The molecule has 208 valence electrons. The predicted molar refractivity (Wildman–Crippen MR) is 156 cm³/mol. The van der Waals surface area contributed by atoms with Gasteiger partial charge in [-0.05, 0) is 73.7 Å². The summed E-state index contributed by atoms with van der Waals surface area (Å²) in [7, 11) is 1.91. The molecule has 0 aliphatic heterocycles. The first-order valence-corrected chi connectivity index (χ1v) is 13.2. The fourth-order valence-electron chi connectivity index (χ4n) is 4.73. The number of benzene rings is 3. The normalized spacial score (nSPS) is 11.3. The number of rotatable bonds is 8. The van der Waals surface area contributed by atoms with E-state index >= 15 is 0 Å². The zero-order valence-corrected chi connectivity index (χ0v) is 23.5. The number of hydrogen-bond donors (Lipinski definition) is 2. The van der Waals surface area contributed by atoms with Gasteiger partial charge in [0.1, 0.15) is 5.60 Å². The van der Waals surface area contributed by atoms with Crippen LogP contribution in [0.2, 0.25) is 0 Å². The molecular weight excluding hydrogens is 506 g/mol. The minimum absolute atomic E-state index is 0.140. The Kier molecular flexibility index (Phi) is 8.28. The van der Waals surface area contributed by atoms with Crippen molar-refractivity contribution < 1.29 is 23.9 Å². The Morgan fingerprint density at radius 1 is 0.950 bits per heavy atom. The monoisotopic (exact) mass is 541 g/mol. The number of carbonyl (C=O) groups is 3. The molecule has 40 heavy (non-hydrogen) atoms. The molecule has 0 aliphatic carbocycles. The molecule has 8 nitrogen and oxygen atoms in total. The number of primary amides is 1. The van der Waals surface area contributed by atoms with Crippen molar-refractivity contribution in [2.24, 2.45) is 12.8 Å². The van der Waals surface area contributed by atoms with Crippen LogP contribution in [0, 0.1) is 0 Å². The highest BCUT2D eigenvalue weighted by Crippen LogP contribution is 2.40. The summed E-state index contributed by atoms with van der Waals surface area (Å²) >= 11 is 0. The molecule has 0 atom stereocenters. The van der Waals surface area contributed by atoms with Gasteiger partial charge in [0, 0.05) is 41.8 Å². The maximum absolute atomic E-state index is 12.4. The molecule has 0 bridgehead atoms. The second kappa shape index (κ2) is 11.7. The summed E-state index contributed by atoms with van der Waals surface area (Å²) in [5, 5.41) is 3.71. The molecule has 8 heteroatoms. The number of esters is 1. The summed E-state index contributed by atoms with van der Waals surface area (Å²) in [5.41, 5.74) is 11.5. The third-order valence-electron chi connectivity index (χ3n) is 6.40. The number of nitrogens with two attached hydrogens (primary N) is 1. The molecule has 0 aliphatic rings. The Balaban J connectivity index is 1.83. The Hall–Kier alpha value is -4.59. The average molecular weight is 542 g/mol. The first-order valence-electron chi connectivity index (χ1n) is 13.2. The first kappa shape index (κ1) is 28.4. The second-order valence-electron chi connectivity index (χ2n) is 10.6. The van der Waals surface area contributed by atoms with Gasteiger partial charge < -0.3 is 25.1 Å². The van der Waals surface area contributed by atoms with E-state index in [-0.39, 0.29) is 18.9 Å².